The van der Waals surface area contributed by atoms with Gasteiger partial charge in [-0.15, -0.1) is 0 Å². The molecule has 0 radical (unpaired) electrons. The summed E-state index contributed by atoms with van der Waals surface area (Å²) in [6, 6.07) is 4.73. The minimum atomic E-state index is -3.61. The van der Waals surface area contributed by atoms with Crippen molar-refractivity contribution in [2.45, 2.75) is 24.7 Å². The van der Waals surface area contributed by atoms with Gasteiger partial charge in [-0.1, -0.05) is 18.8 Å². The molecule has 0 aliphatic carbocycles. The van der Waals surface area contributed by atoms with Crippen LogP contribution in [0.5, 0.6) is 5.75 Å². The Hall–Kier alpha value is -1.55. The number of hydrogen-bond donors (Lipinski definition) is 2. The van der Waals surface area contributed by atoms with Gasteiger partial charge in [0, 0.05) is 18.5 Å². The number of ether oxygens (including phenoxy) is 1. The van der Waals surface area contributed by atoms with Gasteiger partial charge in [0.25, 0.3) is 0 Å². The lowest BCUT2D eigenvalue weighted by Gasteiger charge is -2.10. The van der Waals surface area contributed by atoms with Gasteiger partial charge in [0.2, 0.25) is 10.0 Å². The molecule has 0 aliphatic heterocycles. The Morgan fingerprint density at radius 2 is 2.15 bits per heavy atom. The van der Waals surface area contributed by atoms with Gasteiger partial charge in [0.15, 0.2) is 0 Å². The second kappa shape index (κ2) is 7.90. The summed E-state index contributed by atoms with van der Waals surface area (Å²) < 4.78 is 31.9. The summed E-state index contributed by atoms with van der Waals surface area (Å²) in [5.41, 5.74) is 0.566. The molecule has 2 N–H and O–H groups in total. The molecule has 0 bridgehead atoms. The molecule has 6 heteroatoms. The van der Waals surface area contributed by atoms with Crippen molar-refractivity contribution in [3.63, 3.8) is 0 Å². The Labute approximate surface area is 120 Å². The highest BCUT2D eigenvalue weighted by atomic mass is 32.2. The molecule has 1 rings (SSSR count). The Bertz CT molecular complexity index is 599. The first-order valence-corrected chi connectivity index (χ1v) is 7.81. The van der Waals surface area contributed by atoms with Gasteiger partial charge in [-0.2, -0.15) is 0 Å². The van der Waals surface area contributed by atoms with Gasteiger partial charge in [0.1, 0.15) is 10.6 Å². The van der Waals surface area contributed by atoms with E-state index in [0.717, 1.165) is 0 Å². The first-order chi connectivity index (χ1) is 9.55. The lowest BCUT2D eigenvalue weighted by Crippen LogP contribution is -2.25. The van der Waals surface area contributed by atoms with E-state index in [1.807, 2.05) is 6.92 Å². The molecule has 0 aliphatic rings. The maximum absolute atomic E-state index is 12.2. The highest BCUT2D eigenvalue weighted by molar-refractivity contribution is 7.89. The Kier molecular flexibility index (Phi) is 6.52. The van der Waals surface area contributed by atoms with Crippen LogP contribution in [0.1, 0.15) is 25.3 Å². The number of hydrogen-bond acceptors (Lipinski definition) is 4. The zero-order valence-electron chi connectivity index (χ0n) is 11.6. The van der Waals surface area contributed by atoms with E-state index in [9.17, 15) is 8.42 Å². The fourth-order valence-corrected chi connectivity index (χ4v) is 2.83. The smallest absolute Gasteiger partial charge is 0.244 e. The molecule has 0 saturated carbocycles. The standard InChI is InChI=1S/C14H19NO4S/c1-3-9-15-20(17,18)14-11-12(6-4-5-10-16)7-8-13(14)19-2/h7-8,11,15-16H,3,5,9-10H2,1-2H3. The molecule has 20 heavy (non-hydrogen) atoms. The lowest BCUT2D eigenvalue weighted by atomic mass is 10.2. The second-order valence-electron chi connectivity index (χ2n) is 4.04. The summed E-state index contributed by atoms with van der Waals surface area (Å²) in [7, 11) is -2.19. The summed E-state index contributed by atoms with van der Waals surface area (Å²) in [5, 5.41) is 8.68. The second-order valence-corrected chi connectivity index (χ2v) is 5.77. The molecule has 1 aromatic carbocycles. The number of aliphatic hydroxyl groups is 1. The summed E-state index contributed by atoms with van der Waals surface area (Å²) in [6.07, 6.45) is 1.06. The predicted octanol–water partition coefficient (Wildman–Crippen LogP) is 1.12. The van der Waals surface area contributed by atoms with Gasteiger partial charge in [0.05, 0.1) is 13.7 Å². The van der Waals surface area contributed by atoms with Gasteiger partial charge in [-0.25, -0.2) is 13.1 Å². The van der Waals surface area contributed by atoms with E-state index in [4.69, 9.17) is 9.84 Å². The zero-order valence-corrected chi connectivity index (χ0v) is 12.5. The number of rotatable bonds is 6. The number of nitrogens with one attached hydrogen (secondary N) is 1. The molecular weight excluding hydrogens is 278 g/mol. The van der Waals surface area contributed by atoms with Crippen molar-refractivity contribution in [3.05, 3.63) is 23.8 Å². The van der Waals surface area contributed by atoms with E-state index in [0.29, 0.717) is 24.9 Å². The van der Waals surface area contributed by atoms with E-state index in [1.165, 1.54) is 13.2 Å². The molecule has 1 aromatic rings. The molecule has 0 fully saturated rings. The van der Waals surface area contributed by atoms with Crippen LogP contribution in [0.15, 0.2) is 23.1 Å². The Morgan fingerprint density at radius 3 is 2.75 bits per heavy atom. The minimum Gasteiger partial charge on any atom is -0.495 e. The predicted molar refractivity (Wildman–Crippen MR) is 77.1 cm³/mol. The lowest BCUT2D eigenvalue weighted by molar-refractivity contribution is 0.305. The molecule has 0 heterocycles. The van der Waals surface area contributed by atoms with Crippen LogP contribution >= 0.6 is 0 Å². The van der Waals surface area contributed by atoms with Crippen LogP contribution in [-0.2, 0) is 10.0 Å². The summed E-state index contributed by atoms with van der Waals surface area (Å²) >= 11 is 0. The van der Waals surface area contributed by atoms with Crippen molar-refractivity contribution in [1.82, 2.24) is 4.72 Å². The quantitative estimate of drug-likeness (QED) is 0.772. The van der Waals surface area contributed by atoms with Crippen LogP contribution in [0.25, 0.3) is 0 Å². The average molecular weight is 297 g/mol. The molecule has 0 spiro atoms. The highest BCUT2D eigenvalue weighted by Crippen LogP contribution is 2.24. The molecule has 5 nitrogen and oxygen atoms in total. The molecule has 0 unspecified atom stereocenters. The molecular formula is C14H19NO4S. The van der Waals surface area contributed by atoms with Gasteiger partial charge in [-0.05, 0) is 24.6 Å². The average Bonchev–Trinajstić information content (AvgIpc) is 2.45. The maximum atomic E-state index is 12.2. The van der Waals surface area contributed by atoms with Crippen molar-refractivity contribution in [2.75, 3.05) is 20.3 Å². The zero-order chi connectivity index (χ0) is 15.0. The van der Waals surface area contributed by atoms with Crippen molar-refractivity contribution in [1.29, 1.82) is 0 Å². The monoisotopic (exact) mass is 297 g/mol. The number of aliphatic hydroxyl groups excluding tert-OH is 1. The number of benzene rings is 1. The topological polar surface area (TPSA) is 75.6 Å². The molecule has 0 amide bonds. The highest BCUT2D eigenvalue weighted by Gasteiger charge is 2.19. The minimum absolute atomic E-state index is 0.0215. The van der Waals surface area contributed by atoms with Crippen molar-refractivity contribution in [2.24, 2.45) is 0 Å². The van der Waals surface area contributed by atoms with Crippen LogP contribution < -0.4 is 9.46 Å². The van der Waals surface area contributed by atoms with Crippen molar-refractivity contribution >= 4 is 10.0 Å². The van der Waals surface area contributed by atoms with Crippen LogP contribution in [0, 0.1) is 11.8 Å². The summed E-state index contributed by atoms with van der Waals surface area (Å²) in [5.74, 6) is 5.84. The van der Waals surface area contributed by atoms with Gasteiger partial charge in [-0.3, -0.25) is 0 Å². The van der Waals surface area contributed by atoms with Gasteiger partial charge < -0.3 is 9.84 Å². The van der Waals surface area contributed by atoms with E-state index in [2.05, 4.69) is 16.6 Å². The first kappa shape index (κ1) is 16.5. The fourth-order valence-electron chi connectivity index (χ4n) is 1.50. The Balaban J connectivity index is 3.16. The third kappa shape index (κ3) is 4.53. The Morgan fingerprint density at radius 1 is 1.40 bits per heavy atom. The molecule has 0 aromatic heterocycles. The van der Waals surface area contributed by atoms with Gasteiger partial charge >= 0.3 is 0 Å². The molecule has 110 valence electrons. The molecule has 0 saturated heterocycles. The van der Waals surface area contributed by atoms with Crippen LogP contribution in [0.2, 0.25) is 0 Å². The third-order valence-corrected chi connectivity index (χ3v) is 3.95. The van der Waals surface area contributed by atoms with E-state index >= 15 is 0 Å². The van der Waals surface area contributed by atoms with E-state index < -0.39 is 10.0 Å². The van der Waals surface area contributed by atoms with Crippen molar-refractivity contribution < 1.29 is 18.3 Å². The van der Waals surface area contributed by atoms with E-state index in [-0.39, 0.29) is 17.3 Å². The SMILES string of the molecule is CCCNS(=O)(=O)c1cc(C#CCCO)ccc1OC. The largest absolute Gasteiger partial charge is 0.495 e. The summed E-state index contributed by atoms with van der Waals surface area (Å²) in [6.45, 7) is 2.23. The fraction of sp³-hybridized carbons (Fsp3) is 0.429. The van der Waals surface area contributed by atoms with E-state index in [1.54, 1.807) is 12.1 Å². The molecule has 0 atom stereocenters. The maximum Gasteiger partial charge on any atom is 0.244 e. The number of methoxy groups -OCH3 is 1. The normalized spacial score (nSPS) is 10.8. The van der Waals surface area contributed by atoms with Crippen LogP contribution in [0.4, 0.5) is 0 Å². The first-order valence-electron chi connectivity index (χ1n) is 6.32. The van der Waals surface area contributed by atoms with Crippen LogP contribution in [0.3, 0.4) is 0 Å². The summed E-state index contributed by atoms with van der Waals surface area (Å²) in [4.78, 5) is 0.0734. The number of sulfonamides is 1. The third-order valence-electron chi connectivity index (χ3n) is 2.46. The van der Waals surface area contributed by atoms with Crippen molar-refractivity contribution in [3.8, 4) is 17.6 Å². The van der Waals surface area contributed by atoms with Crippen LogP contribution in [-0.4, -0.2) is 33.8 Å².